The highest BCUT2D eigenvalue weighted by atomic mass is 35.5. The van der Waals surface area contributed by atoms with E-state index in [-0.39, 0.29) is 37.8 Å². The van der Waals surface area contributed by atoms with Gasteiger partial charge in [0.15, 0.2) is 6.10 Å². The van der Waals surface area contributed by atoms with Crippen molar-refractivity contribution in [3.05, 3.63) is 70.3 Å². The molecule has 0 radical (unpaired) electrons. The minimum absolute atomic E-state index is 0. The number of allylic oxidation sites excluding steroid dienone is 1. The minimum Gasteiger partial charge on any atom is -0.453 e. The largest absolute Gasteiger partial charge is 0.453 e. The van der Waals surface area contributed by atoms with Gasteiger partial charge in [0.2, 0.25) is 5.79 Å². The highest BCUT2D eigenvalue weighted by molar-refractivity contribution is 7.79. The third kappa shape index (κ3) is 8.76. The second-order valence-corrected chi connectivity index (χ2v) is 23.7. The summed E-state index contributed by atoms with van der Waals surface area (Å²) in [5.41, 5.74) is -3.52. The van der Waals surface area contributed by atoms with E-state index in [1.54, 1.807) is 26.8 Å². The molecule has 4 aliphatic carbocycles. The Morgan fingerprint density at radius 3 is 2.21 bits per heavy atom. The quantitative estimate of drug-likeness (QED) is 0.104. The third-order valence-corrected chi connectivity index (χ3v) is 18.6. The molecule has 392 valence electrons. The van der Waals surface area contributed by atoms with Gasteiger partial charge in [-0.05, 0) is 134 Å². The van der Waals surface area contributed by atoms with Gasteiger partial charge in [0.05, 0.1) is 11.7 Å². The summed E-state index contributed by atoms with van der Waals surface area (Å²) in [6, 6.07) is 14.7. The average Bonchev–Trinajstić information content (AvgIpc) is 3.37. The van der Waals surface area contributed by atoms with Crippen molar-refractivity contribution in [1.82, 2.24) is 9.80 Å². The fourth-order valence-corrected chi connectivity index (χ4v) is 15.1. The Morgan fingerprint density at radius 1 is 0.914 bits per heavy atom. The lowest BCUT2D eigenvalue weighted by molar-refractivity contribution is -0.354. The van der Waals surface area contributed by atoms with Crippen LogP contribution in [0.25, 0.3) is 0 Å². The molecule has 10 rings (SSSR count). The van der Waals surface area contributed by atoms with Gasteiger partial charge in [0.1, 0.15) is 22.4 Å². The number of aliphatic hydroxyl groups excluding tert-OH is 1. The van der Waals surface area contributed by atoms with Crippen molar-refractivity contribution in [3.8, 4) is 0 Å². The number of hydrogen-bond donors (Lipinski definition) is 8. The van der Waals surface area contributed by atoms with E-state index in [4.69, 9.17) is 38.6 Å². The molecule has 14 unspecified atom stereocenters. The molecule has 16 nitrogen and oxygen atoms in total. The van der Waals surface area contributed by atoms with Crippen LogP contribution in [0.15, 0.2) is 54.1 Å². The lowest BCUT2D eigenvalue weighted by atomic mass is 9.49. The Kier molecular flexibility index (Phi) is 15.3. The van der Waals surface area contributed by atoms with E-state index in [1.165, 1.54) is 22.5 Å². The zero-order valence-corrected chi connectivity index (χ0v) is 43.8. The molecule has 7 fully saturated rings. The maximum Gasteiger partial charge on any atom is 0.394 e. The first-order valence-electron chi connectivity index (χ1n) is 24.7. The molecule has 8 N–H and O–H groups in total. The molecule has 4 saturated carbocycles. The maximum absolute atomic E-state index is 12.9. The predicted molar refractivity (Wildman–Crippen MR) is 266 cm³/mol. The monoisotopic (exact) mass is 1040 g/mol. The molecule has 19 heteroatoms. The number of aryl methyl sites for hydroxylation is 2. The summed E-state index contributed by atoms with van der Waals surface area (Å²) in [6.07, 6.45) is 5.60. The fraction of sp³-hybridized carbons (Fsp3) is 0.706. The van der Waals surface area contributed by atoms with Crippen molar-refractivity contribution < 1.29 is 62.4 Å². The molecule has 0 amide bonds. The van der Waals surface area contributed by atoms with Gasteiger partial charge in [0.25, 0.3) is 0 Å². The van der Waals surface area contributed by atoms with Crippen LogP contribution in [0.1, 0.15) is 104 Å². The smallest absolute Gasteiger partial charge is 0.394 e. The van der Waals surface area contributed by atoms with Gasteiger partial charge in [-0.1, -0.05) is 55.8 Å². The fourth-order valence-electron chi connectivity index (χ4n) is 15.0. The number of rotatable bonds is 6. The summed E-state index contributed by atoms with van der Waals surface area (Å²) >= 11 is 6.27. The lowest BCUT2D eigenvalue weighted by Gasteiger charge is -2.68. The van der Waals surface area contributed by atoms with Gasteiger partial charge < -0.3 is 49.9 Å². The Bertz CT molecular complexity index is 2420. The van der Waals surface area contributed by atoms with E-state index in [1.807, 2.05) is 13.0 Å². The summed E-state index contributed by atoms with van der Waals surface area (Å²) in [5, 5.41) is 74.8. The zero-order chi connectivity index (χ0) is 50.5. The van der Waals surface area contributed by atoms with Crippen LogP contribution in [-0.4, -0.2) is 156 Å². The number of piperidine rings is 2. The van der Waals surface area contributed by atoms with Crippen LogP contribution >= 0.6 is 24.0 Å². The molecule has 0 aromatic heterocycles. The van der Waals surface area contributed by atoms with E-state index in [9.17, 15) is 35.4 Å². The average molecular weight is 1040 g/mol. The van der Waals surface area contributed by atoms with Crippen LogP contribution in [0.2, 0.25) is 5.02 Å². The standard InChI is InChI=1S/C32H49NO9.C19H23ClN2.ClH.H2O4S/c1-6-18(3)25(35)41-24-11-12-26(4)19-8-9-20-28(37)13-23(34)31(39)21(29(28,38)16-30(20,26)42-32(19,24)40)15-33-14-17(2)7-10-22(33)27(31,5)36;1-21(2)12-5-13-22-18-7-4-3-6-15(18)8-9-16-10-11-17(20)14-19(16)22;;1-5(2,3)4/h6,17,19-24,34,36-40H,7-16H2,1-5H3;3-4,6-7,10-11,14H,5,8-9,12-13H2,1-2H3;1H;(H2,1,2,3,4). The van der Waals surface area contributed by atoms with Crippen molar-refractivity contribution in [1.29, 1.82) is 0 Å². The number of hydrogen-bond acceptors (Lipinski definition) is 14. The molecule has 3 saturated heterocycles. The van der Waals surface area contributed by atoms with Crippen LogP contribution in [0, 0.1) is 29.1 Å². The van der Waals surface area contributed by atoms with Crippen LogP contribution in [0.3, 0.4) is 0 Å². The third-order valence-electron chi connectivity index (χ3n) is 18.3. The van der Waals surface area contributed by atoms with E-state index < -0.39 is 85.5 Å². The summed E-state index contributed by atoms with van der Waals surface area (Å²) in [4.78, 5) is 19.6. The van der Waals surface area contributed by atoms with Crippen LogP contribution in [0.4, 0.5) is 11.4 Å². The first-order chi connectivity index (χ1) is 32.1. The SMILES string of the molecule is CC=C(C)C(=O)OC1CCC2(C)C3CCC4C5(O)CC(O)C6(O)C(CN7CC(C)CCC7C6(C)O)C5(O)CC42OC13O.CN(C)CCCN1c2ccccc2CCc2ccc(Cl)cc21.Cl.O=S(=O)(O)O. The van der Waals surface area contributed by atoms with Crippen LogP contribution in [-0.2, 0) is 37.5 Å². The van der Waals surface area contributed by atoms with Crippen molar-refractivity contribution in [2.45, 2.75) is 157 Å². The number of carbonyl (C=O) groups is 1. The highest BCUT2D eigenvalue weighted by Crippen LogP contribution is 2.78. The first kappa shape index (κ1) is 55.3. The molecule has 14 atom stereocenters. The maximum atomic E-state index is 12.9. The van der Waals surface area contributed by atoms with E-state index in [0.717, 1.165) is 43.8 Å². The van der Waals surface area contributed by atoms with Gasteiger partial charge in [-0.25, -0.2) is 4.79 Å². The van der Waals surface area contributed by atoms with Crippen molar-refractivity contribution in [2.24, 2.45) is 29.1 Å². The van der Waals surface area contributed by atoms with Gasteiger partial charge >= 0.3 is 16.4 Å². The Morgan fingerprint density at radius 2 is 1.56 bits per heavy atom. The molecule has 4 aliphatic heterocycles. The number of halogens is 2. The number of fused-ring (bicyclic) bond motifs is 7. The normalized spacial score (nSPS) is 41.3. The summed E-state index contributed by atoms with van der Waals surface area (Å²) < 4.78 is 44.2. The van der Waals surface area contributed by atoms with E-state index in [2.05, 4.69) is 72.1 Å². The van der Waals surface area contributed by atoms with E-state index >= 15 is 0 Å². The number of carbonyl (C=O) groups excluding carboxylic acids is 1. The summed E-state index contributed by atoms with van der Waals surface area (Å²) in [5.74, 6) is -4.05. The summed E-state index contributed by atoms with van der Waals surface area (Å²) in [7, 11) is -0.414. The number of benzene rings is 2. The molecule has 2 aromatic carbocycles. The van der Waals surface area contributed by atoms with Crippen molar-refractivity contribution >= 4 is 51.8 Å². The number of nitrogens with zero attached hydrogens (tertiary/aromatic N) is 3. The molecular weight excluding hydrogens is 966 g/mol. The Balaban J connectivity index is 0.000000216. The Hall–Kier alpha value is -2.46. The Labute approximate surface area is 424 Å². The van der Waals surface area contributed by atoms with Crippen LogP contribution < -0.4 is 4.90 Å². The van der Waals surface area contributed by atoms with E-state index in [0.29, 0.717) is 50.1 Å². The highest BCUT2D eigenvalue weighted by Gasteiger charge is 2.88. The van der Waals surface area contributed by atoms with Gasteiger partial charge in [0, 0.05) is 83.7 Å². The lowest BCUT2D eigenvalue weighted by Crippen LogP contribution is -2.85. The predicted octanol–water partition coefficient (Wildman–Crippen LogP) is 5.29. The van der Waals surface area contributed by atoms with Gasteiger partial charge in [-0.2, -0.15) is 8.42 Å². The minimum atomic E-state index is -4.67. The van der Waals surface area contributed by atoms with Crippen molar-refractivity contribution in [3.63, 3.8) is 0 Å². The second-order valence-electron chi connectivity index (χ2n) is 22.3. The number of aliphatic hydroxyl groups is 6. The van der Waals surface area contributed by atoms with Gasteiger partial charge in [-0.15, -0.1) is 12.4 Å². The van der Waals surface area contributed by atoms with Gasteiger partial charge in [-0.3, -0.25) is 14.0 Å². The molecule has 1 spiro atoms. The van der Waals surface area contributed by atoms with Crippen LogP contribution in [0.5, 0.6) is 0 Å². The molecule has 70 heavy (non-hydrogen) atoms. The second kappa shape index (κ2) is 19.3. The number of anilines is 2. The first-order valence-corrected chi connectivity index (χ1v) is 26.4. The zero-order valence-electron chi connectivity index (χ0n) is 41.4. The molecule has 4 bridgehead atoms. The summed E-state index contributed by atoms with van der Waals surface area (Å²) in [6.45, 7) is 12.2. The molecule has 4 heterocycles. The molecule has 2 aromatic rings. The topological polar surface area (TPSA) is 241 Å². The number of para-hydroxylation sites is 1. The molecule has 8 aliphatic rings. The van der Waals surface area contributed by atoms with Crippen molar-refractivity contribution in [2.75, 3.05) is 45.2 Å². The number of esters is 1. The number of ether oxygens (including phenoxy) is 2. The molecular formula is C51H75Cl2N3O13S.